The van der Waals surface area contributed by atoms with Crippen molar-refractivity contribution in [3.8, 4) is 11.4 Å². The van der Waals surface area contributed by atoms with E-state index in [2.05, 4.69) is 12.1 Å². The van der Waals surface area contributed by atoms with Gasteiger partial charge in [0.1, 0.15) is 8.42 Å². The Morgan fingerprint density at radius 2 is 0.871 bits per heavy atom. The zero-order valence-corrected chi connectivity index (χ0v) is 38.2. The number of esters is 2. The van der Waals surface area contributed by atoms with E-state index < -0.39 is 11.9 Å². The van der Waals surface area contributed by atoms with Crippen LogP contribution in [0.2, 0.25) is 0 Å². The Kier molecular flexibility index (Phi) is 15.0. The molecule has 3 aromatic carbocycles. The third-order valence-electron chi connectivity index (χ3n) is 9.98. The number of rotatable bonds is 18. The first-order chi connectivity index (χ1) is 30.1. The number of ether oxygens (including phenoxy) is 2. The predicted octanol–water partition coefficient (Wildman–Crippen LogP) is 10.2. The lowest BCUT2D eigenvalue weighted by Gasteiger charge is -2.09. The highest BCUT2D eigenvalue weighted by Crippen LogP contribution is 2.43. The van der Waals surface area contributed by atoms with Gasteiger partial charge in [0.25, 0.3) is 0 Å². The number of carbonyl (C=O) groups excluding carboxylic acids is 4. The quantitative estimate of drug-likeness (QED) is 0.0364. The largest absolute Gasteiger partial charge is 0.466 e. The third-order valence-corrected chi connectivity index (χ3v) is 15.0. The van der Waals surface area contributed by atoms with E-state index in [9.17, 15) is 19.2 Å². The molecule has 0 unspecified atom stereocenters. The van der Waals surface area contributed by atoms with Crippen LogP contribution in [0.5, 0.6) is 0 Å². The molecule has 0 radical (unpaired) electrons. The molecule has 314 valence electrons. The maximum absolute atomic E-state index is 14.2. The van der Waals surface area contributed by atoms with Crippen LogP contribution in [-0.4, -0.2) is 36.7 Å². The summed E-state index contributed by atoms with van der Waals surface area (Å²) in [6.45, 7) is 8.08. The lowest BCUT2D eigenvalue weighted by atomic mass is 10.0. The molecule has 0 aliphatic rings. The maximum atomic E-state index is 14.2. The molecule has 7 rings (SSSR count). The number of hydrogen-bond donors (Lipinski definition) is 0. The number of nitrogens with zero attached hydrogens (tertiary/aromatic N) is 2. The highest BCUT2D eigenvalue weighted by molar-refractivity contribution is 8.01. The van der Waals surface area contributed by atoms with Gasteiger partial charge in [-0.15, -0.1) is 46.2 Å². The zero-order chi connectivity index (χ0) is 43.6. The van der Waals surface area contributed by atoms with Crippen molar-refractivity contribution < 1.29 is 37.8 Å². The second-order valence-corrected chi connectivity index (χ2v) is 18.9. The second kappa shape index (κ2) is 20.9. The molecule has 0 aliphatic heterocycles. The molecule has 0 aliphatic carbocycles. The van der Waals surface area contributed by atoms with Gasteiger partial charge in [0, 0.05) is 46.9 Å². The van der Waals surface area contributed by atoms with Crippen LogP contribution in [0.25, 0.3) is 11.4 Å². The second-order valence-electron chi connectivity index (χ2n) is 14.4. The molecule has 12 heteroatoms. The maximum Gasteiger partial charge on any atom is 0.310 e. The van der Waals surface area contributed by atoms with Crippen LogP contribution < -0.4 is 9.13 Å². The molecule has 0 saturated heterocycles. The Bertz CT molecular complexity index is 2510. The Balaban J connectivity index is 1.25. The molecule has 0 N–H and O–H groups in total. The average Bonchev–Trinajstić information content (AvgIpc) is 3.83. The number of pyridine rings is 2. The molecule has 0 saturated carbocycles. The summed E-state index contributed by atoms with van der Waals surface area (Å²) in [6.07, 6.45) is 7.78. The summed E-state index contributed by atoms with van der Waals surface area (Å²) in [4.78, 5) is 55.7. The lowest BCUT2D eigenvalue weighted by molar-refractivity contribution is -0.598. The van der Waals surface area contributed by atoms with Gasteiger partial charge in [-0.3, -0.25) is 19.2 Å². The SMILES string of the molecule is CCOC(=O)Cc1c(C(=O)c2ccccc2)sc(SCc2ccccc2CSc2sc(C(=O)c3ccccc3)c(CC(=O)OCC)c2-[n+]2ccc(C)cc2)c1-[n+]1ccc(C)cc1. The van der Waals surface area contributed by atoms with Gasteiger partial charge >= 0.3 is 11.9 Å². The van der Waals surface area contributed by atoms with Crippen LogP contribution in [-0.2, 0) is 43.4 Å². The molecule has 0 fully saturated rings. The van der Waals surface area contributed by atoms with E-state index in [1.54, 1.807) is 61.6 Å². The topological polar surface area (TPSA) is 94.5 Å². The van der Waals surface area contributed by atoms with E-state index in [0.717, 1.165) is 42.0 Å². The van der Waals surface area contributed by atoms with E-state index >= 15 is 0 Å². The Hall–Kier alpha value is -5.66. The van der Waals surface area contributed by atoms with Crippen molar-refractivity contribution in [1.29, 1.82) is 0 Å². The van der Waals surface area contributed by atoms with Gasteiger partial charge in [-0.05, 0) is 49.9 Å². The van der Waals surface area contributed by atoms with E-state index in [1.807, 2.05) is 121 Å². The van der Waals surface area contributed by atoms with Crippen molar-refractivity contribution in [2.24, 2.45) is 0 Å². The fourth-order valence-corrected chi connectivity index (χ4v) is 12.1. The van der Waals surface area contributed by atoms with Crippen molar-refractivity contribution in [1.82, 2.24) is 0 Å². The van der Waals surface area contributed by atoms with Gasteiger partial charge in [-0.2, -0.15) is 9.13 Å². The van der Waals surface area contributed by atoms with Crippen LogP contribution in [0.1, 0.15) is 77.7 Å². The van der Waals surface area contributed by atoms with Gasteiger partial charge in [-0.25, -0.2) is 0 Å². The number of hydrogen-bond acceptors (Lipinski definition) is 10. The molecule has 0 amide bonds. The predicted molar refractivity (Wildman–Crippen MR) is 247 cm³/mol. The lowest BCUT2D eigenvalue weighted by Crippen LogP contribution is -2.32. The normalized spacial score (nSPS) is 11.0. The summed E-state index contributed by atoms with van der Waals surface area (Å²) >= 11 is 6.07. The van der Waals surface area contributed by atoms with Gasteiger partial charge in [0.05, 0.1) is 46.9 Å². The van der Waals surface area contributed by atoms with Crippen molar-refractivity contribution in [2.45, 2.75) is 60.5 Å². The van der Waals surface area contributed by atoms with Gasteiger partial charge in [0.15, 0.2) is 24.8 Å². The first kappa shape index (κ1) is 44.4. The average molecular weight is 899 g/mol. The molecule has 62 heavy (non-hydrogen) atoms. The van der Waals surface area contributed by atoms with Gasteiger partial charge < -0.3 is 9.47 Å². The number of carbonyl (C=O) groups is 4. The number of aryl methyl sites for hydroxylation is 2. The fourth-order valence-electron chi connectivity index (χ4n) is 6.86. The van der Waals surface area contributed by atoms with Crippen molar-refractivity contribution in [3.63, 3.8) is 0 Å². The summed E-state index contributed by atoms with van der Waals surface area (Å²) in [5.74, 6) is 0.109. The number of thioether (sulfide) groups is 2. The molecule has 0 atom stereocenters. The molecular formula is C50H46N2O6S4+2. The number of aromatic nitrogens is 2. The highest BCUT2D eigenvalue weighted by atomic mass is 32.2. The fraction of sp³-hybridized carbons (Fsp3) is 0.200. The van der Waals surface area contributed by atoms with E-state index in [1.165, 1.54) is 22.7 Å². The van der Waals surface area contributed by atoms with E-state index in [4.69, 9.17) is 9.47 Å². The Labute approximate surface area is 378 Å². The summed E-state index contributed by atoms with van der Waals surface area (Å²) in [5, 5.41) is 0. The summed E-state index contributed by atoms with van der Waals surface area (Å²) < 4.78 is 16.6. The minimum Gasteiger partial charge on any atom is -0.466 e. The number of ketones is 2. The molecule has 8 nitrogen and oxygen atoms in total. The molecule has 4 aromatic heterocycles. The van der Waals surface area contributed by atoms with Crippen LogP contribution in [0, 0.1) is 13.8 Å². The van der Waals surface area contributed by atoms with Crippen LogP contribution in [0.15, 0.2) is 142 Å². The van der Waals surface area contributed by atoms with Crippen LogP contribution in [0.3, 0.4) is 0 Å². The monoisotopic (exact) mass is 898 g/mol. The Morgan fingerprint density at radius 3 is 1.23 bits per heavy atom. The van der Waals surface area contributed by atoms with E-state index in [0.29, 0.717) is 43.5 Å². The molecule has 7 aromatic rings. The molecule has 4 heterocycles. The Morgan fingerprint density at radius 1 is 0.516 bits per heavy atom. The zero-order valence-electron chi connectivity index (χ0n) is 34.9. The van der Waals surface area contributed by atoms with Crippen molar-refractivity contribution in [2.75, 3.05) is 13.2 Å². The first-order valence-electron chi connectivity index (χ1n) is 20.3. The van der Waals surface area contributed by atoms with Crippen molar-refractivity contribution in [3.05, 3.63) is 188 Å². The van der Waals surface area contributed by atoms with E-state index in [-0.39, 0.29) is 37.6 Å². The summed E-state index contributed by atoms with van der Waals surface area (Å²) in [7, 11) is 0. The molecule has 0 bridgehead atoms. The minimum absolute atomic E-state index is 0.0443. The molecular weight excluding hydrogens is 853 g/mol. The van der Waals surface area contributed by atoms with Gasteiger partial charge in [0.2, 0.25) is 22.9 Å². The van der Waals surface area contributed by atoms with Crippen LogP contribution >= 0.6 is 46.2 Å². The highest BCUT2D eigenvalue weighted by Gasteiger charge is 2.34. The third kappa shape index (κ3) is 10.5. The molecule has 0 spiro atoms. The first-order valence-corrected chi connectivity index (χ1v) is 23.9. The van der Waals surface area contributed by atoms with Gasteiger partial charge in [-0.1, -0.05) is 84.9 Å². The number of thiophene rings is 2. The minimum atomic E-state index is -0.393. The number of benzene rings is 3. The summed E-state index contributed by atoms with van der Waals surface area (Å²) in [6, 6.07) is 34.6. The van der Waals surface area contributed by atoms with Crippen molar-refractivity contribution >= 4 is 69.7 Å². The summed E-state index contributed by atoms with van der Waals surface area (Å²) in [5.41, 5.74) is 8.35. The smallest absolute Gasteiger partial charge is 0.310 e. The van der Waals surface area contributed by atoms with Crippen LogP contribution in [0.4, 0.5) is 0 Å². The standard InChI is InChI=1S/C50H46N2O6S4/c1-5-57-41(53)29-39-43(51-25-21-33(3)22-26-51)49(61-47(39)45(55)35-15-9-7-10-16-35)59-31-37-19-13-14-20-38(37)32-60-50-44(52-27-23-34(4)24-28-52)40(30-42(54)58-6-2)48(62-50)46(56)36-17-11-8-12-18-36/h7-28H,5-6,29-32H2,1-4H3/q+2.